The number of amides is 1. The van der Waals surface area contributed by atoms with Crippen LogP contribution in [-0.2, 0) is 9.53 Å². The Labute approximate surface area is 127 Å². The summed E-state index contributed by atoms with van der Waals surface area (Å²) in [7, 11) is 0. The van der Waals surface area contributed by atoms with Crippen molar-refractivity contribution in [2.24, 2.45) is 0 Å². The zero-order valence-corrected chi connectivity index (χ0v) is 12.7. The van der Waals surface area contributed by atoms with E-state index in [-0.39, 0.29) is 17.6 Å². The second-order valence-electron chi connectivity index (χ2n) is 4.79. The number of halogens is 1. The molecule has 0 spiro atoms. The number of hydrogen-bond donors (Lipinski definition) is 1. The van der Waals surface area contributed by atoms with Gasteiger partial charge in [-0.3, -0.25) is 4.79 Å². The van der Waals surface area contributed by atoms with Crippen LogP contribution in [0.5, 0.6) is 0 Å². The van der Waals surface area contributed by atoms with E-state index in [2.05, 4.69) is 15.5 Å². The number of hydrogen-bond acceptors (Lipinski definition) is 5. The average Bonchev–Trinajstić information content (AvgIpc) is 2.98. The molecule has 1 amide bonds. The minimum atomic E-state index is -0.549. The summed E-state index contributed by atoms with van der Waals surface area (Å²) in [4.78, 5) is 16.1. The molecule has 2 rings (SSSR count). The standard InChI is InChI=1S/C15H18FN3O3/c1-4-21-10(3)14(20)17-9(2)15-18-13(19-22-15)11-5-7-12(16)8-6-11/h5-10H,4H2,1-3H3,(H,17,20)/t9-,10+/m0/s1. The molecule has 0 unspecified atom stereocenters. The van der Waals surface area contributed by atoms with E-state index in [4.69, 9.17) is 9.26 Å². The Bertz CT molecular complexity index is 627. The van der Waals surface area contributed by atoms with Crippen LogP contribution in [0.3, 0.4) is 0 Å². The minimum Gasteiger partial charge on any atom is -0.369 e. The molecular weight excluding hydrogens is 289 g/mol. The summed E-state index contributed by atoms with van der Waals surface area (Å²) >= 11 is 0. The van der Waals surface area contributed by atoms with Gasteiger partial charge in [0.2, 0.25) is 17.6 Å². The van der Waals surface area contributed by atoms with E-state index >= 15 is 0 Å². The van der Waals surface area contributed by atoms with Gasteiger partial charge in [-0.05, 0) is 45.0 Å². The average molecular weight is 307 g/mol. The van der Waals surface area contributed by atoms with Gasteiger partial charge < -0.3 is 14.6 Å². The number of carbonyl (C=O) groups is 1. The van der Waals surface area contributed by atoms with Gasteiger partial charge in [0, 0.05) is 12.2 Å². The second kappa shape index (κ2) is 7.13. The van der Waals surface area contributed by atoms with Crippen LogP contribution in [0, 0.1) is 5.82 Å². The van der Waals surface area contributed by atoms with Crippen LogP contribution < -0.4 is 5.32 Å². The monoisotopic (exact) mass is 307 g/mol. The van der Waals surface area contributed by atoms with Crippen molar-refractivity contribution < 1.29 is 18.4 Å². The smallest absolute Gasteiger partial charge is 0.249 e. The van der Waals surface area contributed by atoms with Crippen molar-refractivity contribution in [2.75, 3.05) is 6.61 Å². The topological polar surface area (TPSA) is 77.2 Å². The number of aromatic nitrogens is 2. The summed E-state index contributed by atoms with van der Waals surface area (Å²) < 4.78 is 23.2. The van der Waals surface area contributed by atoms with Crippen molar-refractivity contribution >= 4 is 5.91 Å². The van der Waals surface area contributed by atoms with E-state index in [0.29, 0.717) is 18.0 Å². The van der Waals surface area contributed by atoms with Gasteiger partial charge in [-0.15, -0.1) is 0 Å². The maximum Gasteiger partial charge on any atom is 0.249 e. The zero-order chi connectivity index (χ0) is 16.1. The van der Waals surface area contributed by atoms with Gasteiger partial charge in [0.15, 0.2) is 0 Å². The van der Waals surface area contributed by atoms with E-state index in [1.807, 2.05) is 6.92 Å². The molecule has 0 aliphatic heterocycles. The van der Waals surface area contributed by atoms with Crippen molar-refractivity contribution in [3.05, 3.63) is 36.0 Å². The Balaban J connectivity index is 2.04. The third kappa shape index (κ3) is 3.88. The molecule has 0 fully saturated rings. The molecule has 6 nitrogen and oxygen atoms in total. The number of rotatable bonds is 6. The maximum atomic E-state index is 12.9. The van der Waals surface area contributed by atoms with Crippen LogP contribution >= 0.6 is 0 Å². The van der Waals surface area contributed by atoms with Gasteiger partial charge in [0.1, 0.15) is 18.0 Å². The highest BCUT2D eigenvalue weighted by molar-refractivity contribution is 5.80. The number of nitrogens with zero attached hydrogens (tertiary/aromatic N) is 2. The first kappa shape index (κ1) is 16.1. The van der Waals surface area contributed by atoms with Crippen LogP contribution in [-0.4, -0.2) is 28.8 Å². The molecule has 0 saturated carbocycles. The molecule has 0 aliphatic rings. The van der Waals surface area contributed by atoms with Crippen molar-refractivity contribution in [1.82, 2.24) is 15.5 Å². The molecular formula is C15H18FN3O3. The highest BCUT2D eigenvalue weighted by Crippen LogP contribution is 2.19. The minimum absolute atomic E-state index is 0.254. The van der Waals surface area contributed by atoms with Crippen LogP contribution in [0.4, 0.5) is 4.39 Å². The van der Waals surface area contributed by atoms with Gasteiger partial charge in [-0.25, -0.2) is 4.39 Å². The SMILES string of the molecule is CCO[C@H](C)C(=O)N[C@@H](C)c1nc(-c2ccc(F)cc2)no1. The fourth-order valence-electron chi connectivity index (χ4n) is 1.85. The van der Waals surface area contributed by atoms with E-state index < -0.39 is 12.1 Å². The van der Waals surface area contributed by atoms with Crippen LogP contribution in [0.25, 0.3) is 11.4 Å². The molecule has 1 aromatic carbocycles. The predicted molar refractivity (Wildman–Crippen MR) is 77.3 cm³/mol. The summed E-state index contributed by atoms with van der Waals surface area (Å²) in [6.45, 7) is 5.68. The third-order valence-electron chi connectivity index (χ3n) is 3.06. The largest absolute Gasteiger partial charge is 0.369 e. The second-order valence-corrected chi connectivity index (χ2v) is 4.79. The molecule has 0 radical (unpaired) electrons. The first-order chi connectivity index (χ1) is 10.5. The number of benzene rings is 1. The lowest BCUT2D eigenvalue weighted by Gasteiger charge is -2.14. The molecule has 2 aromatic rings. The summed E-state index contributed by atoms with van der Waals surface area (Å²) in [5, 5.41) is 6.57. The van der Waals surface area contributed by atoms with E-state index in [1.54, 1.807) is 26.0 Å². The number of nitrogens with one attached hydrogen (secondary N) is 1. The molecule has 2 atom stereocenters. The molecule has 0 aliphatic carbocycles. The van der Waals surface area contributed by atoms with Gasteiger partial charge in [0.25, 0.3) is 0 Å². The predicted octanol–water partition coefficient (Wildman–Crippen LogP) is 2.48. The fraction of sp³-hybridized carbons (Fsp3) is 0.400. The molecule has 7 heteroatoms. The van der Waals surface area contributed by atoms with Gasteiger partial charge in [0.05, 0.1) is 0 Å². The number of carbonyl (C=O) groups excluding carboxylic acids is 1. The van der Waals surface area contributed by atoms with Crippen LogP contribution in [0.1, 0.15) is 32.7 Å². The molecule has 118 valence electrons. The van der Waals surface area contributed by atoms with E-state index in [9.17, 15) is 9.18 Å². The van der Waals surface area contributed by atoms with Gasteiger partial charge in [-0.2, -0.15) is 4.98 Å². The van der Waals surface area contributed by atoms with Crippen molar-refractivity contribution in [2.45, 2.75) is 32.9 Å². The molecule has 1 heterocycles. The zero-order valence-electron chi connectivity index (χ0n) is 12.7. The van der Waals surface area contributed by atoms with Gasteiger partial charge in [-0.1, -0.05) is 5.16 Å². The van der Waals surface area contributed by atoms with Crippen molar-refractivity contribution in [3.63, 3.8) is 0 Å². The molecule has 1 aromatic heterocycles. The molecule has 0 bridgehead atoms. The van der Waals surface area contributed by atoms with E-state index in [0.717, 1.165) is 0 Å². The lowest BCUT2D eigenvalue weighted by atomic mass is 10.2. The Hall–Kier alpha value is -2.28. The highest BCUT2D eigenvalue weighted by atomic mass is 19.1. The lowest BCUT2D eigenvalue weighted by molar-refractivity contribution is -0.132. The Morgan fingerprint density at radius 1 is 1.36 bits per heavy atom. The third-order valence-corrected chi connectivity index (χ3v) is 3.06. The summed E-state index contributed by atoms with van der Waals surface area (Å²) in [6, 6.07) is 5.31. The lowest BCUT2D eigenvalue weighted by Crippen LogP contribution is -2.36. The number of ether oxygens (including phenoxy) is 1. The van der Waals surface area contributed by atoms with Crippen LogP contribution in [0.2, 0.25) is 0 Å². The first-order valence-electron chi connectivity index (χ1n) is 7.02. The first-order valence-corrected chi connectivity index (χ1v) is 7.02. The molecule has 1 N–H and O–H groups in total. The van der Waals surface area contributed by atoms with Crippen molar-refractivity contribution in [3.8, 4) is 11.4 Å². The van der Waals surface area contributed by atoms with Crippen molar-refractivity contribution in [1.29, 1.82) is 0 Å². The Kier molecular flexibility index (Phi) is 5.21. The molecule has 0 saturated heterocycles. The summed E-state index contributed by atoms with van der Waals surface area (Å²) in [5.41, 5.74) is 0.637. The molecule has 22 heavy (non-hydrogen) atoms. The highest BCUT2D eigenvalue weighted by Gasteiger charge is 2.20. The normalized spacial score (nSPS) is 13.6. The quantitative estimate of drug-likeness (QED) is 0.887. The summed E-state index contributed by atoms with van der Waals surface area (Å²) in [5.74, 6) is 0.0271. The van der Waals surface area contributed by atoms with E-state index in [1.165, 1.54) is 12.1 Å². The van der Waals surface area contributed by atoms with Crippen LogP contribution in [0.15, 0.2) is 28.8 Å². The fourth-order valence-corrected chi connectivity index (χ4v) is 1.85. The Morgan fingerprint density at radius 2 is 2.05 bits per heavy atom. The maximum absolute atomic E-state index is 12.9. The van der Waals surface area contributed by atoms with Gasteiger partial charge >= 0.3 is 0 Å². The Morgan fingerprint density at radius 3 is 2.68 bits per heavy atom. The summed E-state index contributed by atoms with van der Waals surface area (Å²) in [6.07, 6.45) is -0.549.